The average molecular weight is 274 g/mol. The lowest BCUT2D eigenvalue weighted by atomic mass is 10.1. The molecule has 0 spiro atoms. The van der Waals surface area contributed by atoms with Gasteiger partial charge in [-0.2, -0.15) is 0 Å². The lowest BCUT2D eigenvalue weighted by Crippen LogP contribution is -2.35. The molecule has 0 saturated heterocycles. The molecule has 1 aromatic heterocycles. The molecule has 0 fully saturated rings. The minimum atomic E-state index is 0.0672. The minimum absolute atomic E-state index is 0.0672. The Morgan fingerprint density at radius 2 is 2.00 bits per heavy atom. The van der Waals surface area contributed by atoms with E-state index in [4.69, 9.17) is 4.74 Å². The topological polar surface area (TPSA) is 52.0 Å². The number of aromatic nitrogens is 3. The highest BCUT2D eigenvalue weighted by molar-refractivity contribution is 5.39. The molecule has 0 amide bonds. The number of ether oxygens (including phenoxy) is 1. The van der Waals surface area contributed by atoms with Crippen molar-refractivity contribution in [2.24, 2.45) is 0 Å². The Hall–Kier alpha value is -1.72. The summed E-state index contributed by atoms with van der Waals surface area (Å²) in [6.45, 7) is 7.66. The first-order valence-corrected chi connectivity index (χ1v) is 6.73. The van der Waals surface area contributed by atoms with Gasteiger partial charge < -0.3 is 10.1 Å². The molecule has 20 heavy (non-hydrogen) atoms. The maximum absolute atomic E-state index is 5.22. The van der Waals surface area contributed by atoms with E-state index in [1.807, 2.05) is 30.5 Å². The van der Waals surface area contributed by atoms with Gasteiger partial charge in [-0.1, -0.05) is 23.4 Å². The summed E-state index contributed by atoms with van der Waals surface area (Å²) in [4.78, 5) is 0. The van der Waals surface area contributed by atoms with E-state index < -0.39 is 0 Å². The second-order valence-corrected chi connectivity index (χ2v) is 5.82. The van der Waals surface area contributed by atoms with Crippen LogP contribution >= 0.6 is 0 Å². The van der Waals surface area contributed by atoms with Crippen LogP contribution in [0.5, 0.6) is 0 Å². The second kappa shape index (κ2) is 6.15. The Labute approximate surface area is 120 Å². The van der Waals surface area contributed by atoms with Crippen molar-refractivity contribution in [3.05, 3.63) is 41.7 Å². The highest BCUT2D eigenvalue weighted by atomic mass is 16.5. The van der Waals surface area contributed by atoms with Crippen LogP contribution in [0.3, 0.4) is 0 Å². The fourth-order valence-electron chi connectivity index (χ4n) is 1.86. The molecule has 1 N–H and O–H groups in total. The zero-order valence-electron chi connectivity index (χ0n) is 12.6. The lowest BCUT2D eigenvalue weighted by molar-refractivity contribution is 0.184. The zero-order valence-corrected chi connectivity index (χ0v) is 12.6. The molecule has 2 rings (SSSR count). The third-order valence-corrected chi connectivity index (χ3v) is 2.88. The van der Waals surface area contributed by atoms with Crippen molar-refractivity contribution in [2.75, 3.05) is 7.11 Å². The van der Waals surface area contributed by atoms with E-state index >= 15 is 0 Å². The molecule has 0 atom stereocenters. The molecule has 0 aliphatic heterocycles. The SMILES string of the molecule is COCc1ccccc1-n1cc(CNC(C)(C)C)nn1. The molecule has 0 unspecified atom stereocenters. The van der Waals surface area contributed by atoms with Crippen LogP contribution in [0.1, 0.15) is 32.0 Å². The van der Waals surface area contributed by atoms with Crippen LogP contribution in [-0.2, 0) is 17.9 Å². The van der Waals surface area contributed by atoms with Crippen molar-refractivity contribution in [2.45, 2.75) is 39.5 Å². The number of hydrogen-bond acceptors (Lipinski definition) is 4. The maximum atomic E-state index is 5.22. The molecule has 0 bridgehead atoms. The Bertz CT molecular complexity index is 557. The van der Waals surface area contributed by atoms with E-state index in [0.29, 0.717) is 13.2 Å². The standard InChI is InChI=1S/C15H22N4O/c1-15(2,3)16-9-13-10-19(18-17-13)14-8-6-5-7-12(14)11-20-4/h5-8,10,16H,9,11H2,1-4H3. The number of rotatable bonds is 5. The summed E-state index contributed by atoms with van der Waals surface area (Å²) >= 11 is 0. The van der Waals surface area contributed by atoms with Crippen molar-refractivity contribution in [1.82, 2.24) is 20.3 Å². The summed E-state index contributed by atoms with van der Waals surface area (Å²) in [5, 5.41) is 11.8. The van der Waals surface area contributed by atoms with E-state index in [1.54, 1.807) is 11.8 Å². The van der Waals surface area contributed by atoms with E-state index in [1.165, 1.54) is 0 Å². The molecule has 0 saturated carbocycles. The summed E-state index contributed by atoms with van der Waals surface area (Å²) < 4.78 is 7.01. The molecule has 1 heterocycles. The summed E-state index contributed by atoms with van der Waals surface area (Å²) in [5.41, 5.74) is 3.09. The van der Waals surface area contributed by atoms with Gasteiger partial charge >= 0.3 is 0 Å². The number of nitrogens with zero attached hydrogens (tertiary/aromatic N) is 3. The molecule has 0 aliphatic carbocycles. The van der Waals surface area contributed by atoms with Crippen LogP contribution in [-0.4, -0.2) is 27.6 Å². The molecule has 0 aliphatic rings. The van der Waals surface area contributed by atoms with Crippen LogP contribution in [0.15, 0.2) is 30.5 Å². The van der Waals surface area contributed by atoms with Crippen molar-refractivity contribution in [1.29, 1.82) is 0 Å². The van der Waals surface area contributed by atoms with Gasteiger partial charge in [0.15, 0.2) is 0 Å². The smallest absolute Gasteiger partial charge is 0.0969 e. The van der Waals surface area contributed by atoms with Gasteiger partial charge in [-0.25, -0.2) is 4.68 Å². The molecule has 108 valence electrons. The molecule has 0 radical (unpaired) electrons. The van der Waals surface area contributed by atoms with Gasteiger partial charge in [-0.3, -0.25) is 0 Å². The Balaban J connectivity index is 2.16. The minimum Gasteiger partial charge on any atom is -0.380 e. The van der Waals surface area contributed by atoms with Crippen molar-refractivity contribution >= 4 is 0 Å². The highest BCUT2D eigenvalue weighted by Crippen LogP contribution is 2.14. The molecule has 1 aromatic carbocycles. The second-order valence-electron chi connectivity index (χ2n) is 5.82. The van der Waals surface area contributed by atoms with Gasteiger partial charge in [0.2, 0.25) is 0 Å². The number of para-hydroxylation sites is 1. The molecule has 2 aromatic rings. The third kappa shape index (κ3) is 3.88. The van der Waals surface area contributed by atoms with E-state index in [0.717, 1.165) is 16.9 Å². The monoisotopic (exact) mass is 274 g/mol. The Kier molecular flexibility index (Phi) is 4.52. The number of nitrogens with one attached hydrogen (secondary N) is 1. The van der Waals surface area contributed by atoms with Gasteiger partial charge in [0, 0.05) is 24.8 Å². The summed E-state index contributed by atoms with van der Waals surface area (Å²) in [7, 11) is 1.69. The van der Waals surface area contributed by atoms with E-state index in [9.17, 15) is 0 Å². The van der Waals surface area contributed by atoms with E-state index in [2.05, 4.69) is 36.4 Å². The Morgan fingerprint density at radius 3 is 2.70 bits per heavy atom. The average Bonchev–Trinajstić information content (AvgIpc) is 2.85. The molecule has 5 nitrogen and oxygen atoms in total. The molecular formula is C15H22N4O. The van der Waals surface area contributed by atoms with Crippen LogP contribution in [0.4, 0.5) is 0 Å². The predicted molar refractivity (Wildman–Crippen MR) is 78.7 cm³/mol. The van der Waals surface area contributed by atoms with Gasteiger partial charge in [-0.05, 0) is 26.8 Å². The van der Waals surface area contributed by atoms with Gasteiger partial charge in [0.25, 0.3) is 0 Å². The lowest BCUT2D eigenvalue weighted by Gasteiger charge is -2.19. The first-order valence-electron chi connectivity index (χ1n) is 6.73. The summed E-state index contributed by atoms with van der Waals surface area (Å²) in [5.74, 6) is 0. The first-order chi connectivity index (χ1) is 9.49. The number of benzene rings is 1. The van der Waals surface area contributed by atoms with Gasteiger partial charge in [0.05, 0.1) is 24.2 Å². The van der Waals surface area contributed by atoms with Gasteiger partial charge in [0.1, 0.15) is 0 Å². The third-order valence-electron chi connectivity index (χ3n) is 2.88. The van der Waals surface area contributed by atoms with Crippen molar-refractivity contribution in [3.63, 3.8) is 0 Å². The number of hydrogen-bond donors (Lipinski definition) is 1. The fourth-order valence-corrected chi connectivity index (χ4v) is 1.86. The van der Waals surface area contributed by atoms with Crippen LogP contribution in [0.25, 0.3) is 5.69 Å². The van der Waals surface area contributed by atoms with Gasteiger partial charge in [-0.15, -0.1) is 5.10 Å². The highest BCUT2D eigenvalue weighted by Gasteiger charge is 2.11. The molecule has 5 heteroatoms. The normalized spacial score (nSPS) is 11.8. The maximum Gasteiger partial charge on any atom is 0.0969 e. The largest absolute Gasteiger partial charge is 0.380 e. The van der Waals surface area contributed by atoms with Crippen molar-refractivity contribution in [3.8, 4) is 5.69 Å². The summed E-state index contributed by atoms with van der Waals surface area (Å²) in [6.07, 6.45) is 1.95. The van der Waals surface area contributed by atoms with Crippen LogP contribution in [0, 0.1) is 0 Å². The zero-order chi connectivity index (χ0) is 14.6. The Morgan fingerprint density at radius 1 is 1.25 bits per heavy atom. The van der Waals surface area contributed by atoms with Crippen LogP contribution < -0.4 is 5.32 Å². The van der Waals surface area contributed by atoms with E-state index in [-0.39, 0.29) is 5.54 Å². The number of methoxy groups -OCH3 is 1. The van der Waals surface area contributed by atoms with Crippen molar-refractivity contribution < 1.29 is 4.74 Å². The predicted octanol–water partition coefficient (Wildman–Crippen LogP) is 2.30. The first kappa shape index (κ1) is 14.7. The summed E-state index contributed by atoms with van der Waals surface area (Å²) in [6, 6.07) is 8.04. The molecular weight excluding hydrogens is 252 g/mol. The quantitative estimate of drug-likeness (QED) is 0.909. The van der Waals surface area contributed by atoms with Crippen LogP contribution in [0.2, 0.25) is 0 Å². The fraction of sp³-hybridized carbons (Fsp3) is 0.467.